The van der Waals surface area contributed by atoms with Crippen molar-refractivity contribution in [3.05, 3.63) is 82.2 Å². The predicted octanol–water partition coefficient (Wildman–Crippen LogP) is 4.27. The highest BCUT2D eigenvalue weighted by molar-refractivity contribution is 7.16. The number of hydrogen-bond acceptors (Lipinski definition) is 6. The largest absolute Gasteiger partial charge is 0.497 e. The lowest BCUT2D eigenvalue weighted by atomic mass is 9.97. The number of β-amino-alcohol motifs (C(OH)–C–C–N with tert-alkyl or cyclic N) is 1. The third kappa shape index (κ3) is 5.67. The molecule has 34 heavy (non-hydrogen) atoms. The molecule has 1 aliphatic heterocycles. The average Bonchev–Trinajstić information content (AvgIpc) is 3.28. The molecule has 2 heterocycles. The number of aliphatic hydroxyl groups is 1. The third-order valence-electron chi connectivity index (χ3n) is 6.32. The normalized spacial score (nSPS) is 15.7. The first-order chi connectivity index (χ1) is 16.6. The number of anilines is 1. The lowest BCUT2D eigenvalue weighted by Gasteiger charge is -2.39. The van der Waals surface area contributed by atoms with Crippen LogP contribution in [0.3, 0.4) is 0 Å². The molecule has 6 nitrogen and oxygen atoms in total. The highest BCUT2D eigenvalue weighted by atomic mass is 32.1. The summed E-state index contributed by atoms with van der Waals surface area (Å²) in [5.74, 6) is 0.728. The fourth-order valence-corrected chi connectivity index (χ4v) is 5.51. The van der Waals surface area contributed by atoms with Crippen LogP contribution in [0.4, 0.5) is 5.00 Å². The summed E-state index contributed by atoms with van der Waals surface area (Å²) in [6.45, 7) is 6.59. The number of aliphatic hydroxyl groups excluding tert-OH is 1. The van der Waals surface area contributed by atoms with Gasteiger partial charge in [0.15, 0.2) is 0 Å². The van der Waals surface area contributed by atoms with E-state index in [4.69, 9.17) is 4.74 Å². The molecule has 0 saturated carbocycles. The molecule has 3 aromatic rings. The van der Waals surface area contributed by atoms with Gasteiger partial charge in [0.05, 0.1) is 19.8 Å². The molecule has 0 bridgehead atoms. The van der Waals surface area contributed by atoms with Gasteiger partial charge in [-0.25, -0.2) is 0 Å². The minimum Gasteiger partial charge on any atom is -0.497 e. The first-order valence-corrected chi connectivity index (χ1v) is 12.6. The second-order valence-corrected chi connectivity index (χ2v) is 9.59. The van der Waals surface area contributed by atoms with Gasteiger partial charge in [-0.05, 0) is 42.3 Å². The number of carbonyl (C=O) groups excluding carboxylic acids is 1. The van der Waals surface area contributed by atoms with E-state index >= 15 is 0 Å². The summed E-state index contributed by atoms with van der Waals surface area (Å²) in [6.07, 6.45) is 0.911. The van der Waals surface area contributed by atoms with Gasteiger partial charge in [0.1, 0.15) is 10.8 Å². The maximum Gasteiger partial charge on any atom is 0.256 e. The van der Waals surface area contributed by atoms with E-state index < -0.39 is 0 Å². The highest BCUT2D eigenvalue weighted by Gasteiger charge is 2.30. The zero-order valence-corrected chi connectivity index (χ0v) is 20.7. The van der Waals surface area contributed by atoms with E-state index in [-0.39, 0.29) is 18.6 Å². The first-order valence-electron chi connectivity index (χ1n) is 11.8. The summed E-state index contributed by atoms with van der Waals surface area (Å²) in [7, 11) is 1.69. The summed E-state index contributed by atoms with van der Waals surface area (Å²) in [6, 6.07) is 19.8. The predicted molar refractivity (Wildman–Crippen MR) is 138 cm³/mol. The molecule has 0 radical (unpaired) electrons. The number of nitrogens with one attached hydrogen (secondary N) is 1. The van der Waals surface area contributed by atoms with Crippen molar-refractivity contribution in [1.82, 2.24) is 9.80 Å². The number of ether oxygens (including phenoxy) is 1. The molecule has 1 unspecified atom stereocenters. The molecule has 2 aromatic carbocycles. The lowest BCUT2D eigenvalue weighted by molar-refractivity contribution is 0.0945. The molecular formula is C27H33N3O3S. The number of nitrogens with zero attached hydrogens (tertiary/aromatic N) is 2. The second-order valence-electron chi connectivity index (χ2n) is 8.45. The smallest absolute Gasteiger partial charge is 0.256 e. The van der Waals surface area contributed by atoms with Crippen LogP contribution >= 0.6 is 11.3 Å². The zero-order valence-electron chi connectivity index (χ0n) is 19.9. The van der Waals surface area contributed by atoms with Gasteiger partial charge in [0.25, 0.3) is 5.91 Å². The fourth-order valence-electron chi connectivity index (χ4n) is 4.48. The van der Waals surface area contributed by atoms with E-state index in [0.717, 1.165) is 54.5 Å². The van der Waals surface area contributed by atoms with Gasteiger partial charge in [-0.1, -0.05) is 37.3 Å². The summed E-state index contributed by atoms with van der Waals surface area (Å²) in [4.78, 5) is 19.1. The van der Waals surface area contributed by atoms with Crippen LogP contribution in [0.15, 0.2) is 60.7 Å². The molecule has 1 aliphatic rings. The maximum atomic E-state index is 13.0. The Bertz CT molecular complexity index is 1080. The standard InChI is InChI=1S/C27H33N3O3S/c1-3-23-19-24(27(34-23)28-26(32)20-8-5-4-6-9-20)25(21-10-7-11-22(18-21)33-2)30-14-12-29(13-15-30)16-17-31/h4-11,18-19,25,31H,3,12-17H2,1-2H3,(H,28,32). The number of benzene rings is 2. The van der Waals surface area contributed by atoms with Crippen LogP contribution in [0, 0.1) is 0 Å². The summed E-state index contributed by atoms with van der Waals surface area (Å²) in [5.41, 5.74) is 2.91. The quantitative estimate of drug-likeness (QED) is 0.480. The Morgan fingerprint density at radius 1 is 1.09 bits per heavy atom. The number of piperazine rings is 1. The maximum absolute atomic E-state index is 13.0. The van der Waals surface area contributed by atoms with E-state index in [1.807, 2.05) is 42.5 Å². The van der Waals surface area contributed by atoms with E-state index in [2.05, 4.69) is 40.2 Å². The number of hydrogen-bond donors (Lipinski definition) is 2. The molecule has 1 saturated heterocycles. The number of rotatable bonds is 9. The first kappa shape index (κ1) is 24.4. The van der Waals surface area contributed by atoms with Crippen molar-refractivity contribution in [2.45, 2.75) is 19.4 Å². The van der Waals surface area contributed by atoms with Gasteiger partial charge in [-0.2, -0.15) is 0 Å². The van der Waals surface area contributed by atoms with Crippen molar-refractivity contribution in [3.8, 4) is 5.75 Å². The SMILES string of the molecule is CCc1cc(C(c2cccc(OC)c2)N2CCN(CCO)CC2)c(NC(=O)c2ccccc2)s1. The number of thiophene rings is 1. The lowest BCUT2D eigenvalue weighted by Crippen LogP contribution is -2.48. The van der Waals surface area contributed by atoms with Crippen molar-refractivity contribution in [2.75, 3.05) is 51.8 Å². The van der Waals surface area contributed by atoms with Crippen LogP contribution in [0.5, 0.6) is 5.75 Å². The van der Waals surface area contributed by atoms with Crippen LogP contribution < -0.4 is 10.1 Å². The Balaban J connectivity index is 1.70. The van der Waals surface area contributed by atoms with Gasteiger partial charge in [0, 0.05) is 48.7 Å². The van der Waals surface area contributed by atoms with Crippen molar-refractivity contribution in [1.29, 1.82) is 0 Å². The Kier molecular flexibility index (Phi) is 8.34. The Morgan fingerprint density at radius 3 is 2.53 bits per heavy atom. The summed E-state index contributed by atoms with van der Waals surface area (Å²) < 4.78 is 5.53. The third-order valence-corrected chi connectivity index (χ3v) is 7.53. The molecule has 1 fully saturated rings. The Hall–Kier alpha value is -2.71. The van der Waals surface area contributed by atoms with Gasteiger partial charge in [-0.15, -0.1) is 11.3 Å². The van der Waals surface area contributed by atoms with E-state index in [1.165, 1.54) is 4.88 Å². The van der Waals surface area contributed by atoms with Crippen LogP contribution in [0.2, 0.25) is 0 Å². The molecule has 7 heteroatoms. The highest BCUT2D eigenvalue weighted by Crippen LogP contribution is 2.40. The van der Waals surface area contributed by atoms with Crippen molar-refractivity contribution < 1.29 is 14.6 Å². The molecule has 4 rings (SSSR count). The van der Waals surface area contributed by atoms with E-state index in [1.54, 1.807) is 18.4 Å². The second kappa shape index (κ2) is 11.6. The molecule has 1 aromatic heterocycles. The van der Waals surface area contributed by atoms with Crippen molar-refractivity contribution in [2.24, 2.45) is 0 Å². The van der Waals surface area contributed by atoms with E-state index in [9.17, 15) is 9.90 Å². The monoisotopic (exact) mass is 479 g/mol. The molecule has 1 amide bonds. The Morgan fingerprint density at radius 2 is 1.85 bits per heavy atom. The molecule has 0 aliphatic carbocycles. The molecule has 2 N–H and O–H groups in total. The van der Waals surface area contributed by atoms with Gasteiger partial charge in [0.2, 0.25) is 0 Å². The number of carbonyl (C=O) groups is 1. The zero-order chi connectivity index (χ0) is 23.9. The van der Waals surface area contributed by atoms with E-state index in [0.29, 0.717) is 12.1 Å². The topological polar surface area (TPSA) is 65.0 Å². The van der Waals surface area contributed by atoms with Crippen LogP contribution in [0.1, 0.15) is 39.3 Å². The number of methoxy groups -OCH3 is 1. The molecule has 180 valence electrons. The molecular weight excluding hydrogens is 446 g/mol. The minimum absolute atomic E-state index is 0.00556. The van der Waals surface area contributed by atoms with Crippen LogP contribution in [-0.2, 0) is 6.42 Å². The van der Waals surface area contributed by atoms with Crippen molar-refractivity contribution in [3.63, 3.8) is 0 Å². The summed E-state index contributed by atoms with van der Waals surface area (Å²) >= 11 is 1.65. The minimum atomic E-state index is -0.0940. The number of amides is 1. The average molecular weight is 480 g/mol. The fraction of sp³-hybridized carbons (Fsp3) is 0.370. The van der Waals surface area contributed by atoms with Gasteiger partial charge >= 0.3 is 0 Å². The van der Waals surface area contributed by atoms with Gasteiger partial charge < -0.3 is 15.2 Å². The molecule has 0 spiro atoms. The molecule has 1 atom stereocenters. The van der Waals surface area contributed by atoms with Crippen LogP contribution in [0.25, 0.3) is 0 Å². The number of aryl methyl sites for hydroxylation is 1. The van der Waals surface area contributed by atoms with Crippen molar-refractivity contribution >= 4 is 22.2 Å². The Labute approximate surface area is 205 Å². The van der Waals surface area contributed by atoms with Crippen LogP contribution in [-0.4, -0.2) is 67.3 Å². The van der Waals surface area contributed by atoms with Gasteiger partial charge in [-0.3, -0.25) is 14.6 Å². The summed E-state index contributed by atoms with van der Waals surface area (Å²) in [5, 5.41) is 13.4.